The van der Waals surface area contributed by atoms with E-state index in [2.05, 4.69) is 10.1 Å². The molecule has 1 rings (SSSR count). The largest absolute Gasteiger partial charge is 0.390 e. The quantitative estimate of drug-likeness (QED) is 0.287. The predicted octanol–water partition coefficient (Wildman–Crippen LogP) is 1.98. The van der Waals surface area contributed by atoms with Crippen molar-refractivity contribution in [2.45, 2.75) is 64.5 Å². The summed E-state index contributed by atoms with van der Waals surface area (Å²) in [6.07, 6.45) is 3.65. The lowest BCUT2D eigenvalue weighted by Gasteiger charge is -2.17. The molecule has 3 atom stereocenters. The monoisotopic (exact) mass is 335 g/mol. The second-order valence-electron chi connectivity index (χ2n) is 5.56. The molecule has 8 heteroatoms. The summed E-state index contributed by atoms with van der Waals surface area (Å²) < 4.78 is 21.5. The zero-order valence-electron chi connectivity index (χ0n) is 13.2. The Hall–Kier alpha value is -0.750. The third-order valence-electron chi connectivity index (χ3n) is 3.50. The Bertz CT molecular complexity index is 422. The van der Waals surface area contributed by atoms with Crippen molar-refractivity contribution in [3.63, 3.8) is 0 Å². The van der Waals surface area contributed by atoms with E-state index in [0.29, 0.717) is 19.4 Å². The summed E-state index contributed by atoms with van der Waals surface area (Å²) in [5.41, 5.74) is 0. The molecule has 128 valence electrons. The minimum atomic E-state index is -3.84. The van der Waals surface area contributed by atoms with Gasteiger partial charge in [-0.25, -0.2) is 9.59 Å². The molecule has 1 aliphatic heterocycles. The number of nitrogens with one attached hydrogen (secondary N) is 1. The average molecular weight is 335 g/mol. The summed E-state index contributed by atoms with van der Waals surface area (Å²) in [5, 5.41) is 2.92. The lowest BCUT2D eigenvalue weighted by molar-refractivity contribution is -0.165. The fourth-order valence-electron chi connectivity index (χ4n) is 2.22. The third kappa shape index (κ3) is 7.01. The fraction of sp³-hybridized carbons (Fsp3) is 0.857. The van der Waals surface area contributed by atoms with Crippen LogP contribution in [0.5, 0.6) is 0 Å². The van der Waals surface area contributed by atoms with Gasteiger partial charge in [-0.15, -0.1) is 0 Å². The van der Waals surface area contributed by atoms with E-state index in [9.17, 15) is 19.0 Å². The van der Waals surface area contributed by atoms with Crippen LogP contribution < -0.4 is 5.32 Å². The molecule has 1 fully saturated rings. The lowest BCUT2D eigenvalue weighted by Crippen LogP contribution is -2.36. The lowest BCUT2D eigenvalue weighted by atomic mass is 10.2. The van der Waals surface area contributed by atoms with Crippen LogP contribution >= 0.6 is 7.60 Å². The highest BCUT2D eigenvalue weighted by molar-refractivity contribution is 7.52. The van der Waals surface area contributed by atoms with Gasteiger partial charge in [0.1, 0.15) is 6.04 Å². The van der Waals surface area contributed by atoms with Gasteiger partial charge in [-0.05, 0) is 32.7 Å². The van der Waals surface area contributed by atoms with E-state index < -0.39 is 31.7 Å². The molecule has 0 aromatic rings. The highest BCUT2D eigenvalue weighted by Gasteiger charge is 2.31. The zero-order valence-corrected chi connectivity index (χ0v) is 14.1. The molecule has 1 saturated heterocycles. The standard InChI is InChI=1S/C14H26NO6P/c1-3-4-5-6-10-22(18,19)21-11(2)13(16)20-14(17)12-8-7-9-15-12/h11-12,15H,3-10H2,1-2H3,(H,18,19)/t11?,12-/m0/s1. The van der Waals surface area contributed by atoms with Gasteiger partial charge in [0, 0.05) is 0 Å². The number of rotatable bonds is 9. The molecule has 2 unspecified atom stereocenters. The average Bonchev–Trinajstić information content (AvgIpc) is 2.97. The van der Waals surface area contributed by atoms with Crippen LogP contribution in [0.4, 0.5) is 0 Å². The van der Waals surface area contributed by atoms with Crippen molar-refractivity contribution in [3.05, 3.63) is 0 Å². The Morgan fingerprint density at radius 1 is 1.36 bits per heavy atom. The van der Waals surface area contributed by atoms with Crippen LogP contribution in [-0.4, -0.2) is 41.7 Å². The Labute approximate surface area is 131 Å². The maximum Gasteiger partial charge on any atom is 0.343 e. The normalized spacial score (nSPS) is 22.0. The Morgan fingerprint density at radius 3 is 2.68 bits per heavy atom. The Morgan fingerprint density at radius 2 is 2.09 bits per heavy atom. The van der Waals surface area contributed by atoms with E-state index in [-0.39, 0.29) is 6.16 Å². The molecule has 0 aromatic heterocycles. The summed E-state index contributed by atoms with van der Waals surface area (Å²) in [6, 6.07) is -0.480. The highest BCUT2D eigenvalue weighted by Crippen LogP contribution is 2.44. The van der Waals surface area contributed by atoms with Crippen molar-refractivity contribution in [1.82, 2.24) is 5.32 Å². The Kier molecular flexibility index (Phi) is 8.25. The number of ether oxygens (including phenoxy) is 1. The van der Waals surface area contributed by atoms with E-state index in [1.54, 1.807) is 0 Å². The smallest absolute Gasteiger partial charge is 0.343 e. The molecule has 0 radical (unpaired) electrons. The van der Waals surface area contributed by atoms with Gasteiger partial charge in [0.25, 0.3) is 0 Å². The maximum atomic E-state index is 11.9. The molecular formula is C14H26NO6P. The van der Waals surface area contributed by atoms with Crippen LogP contribution in [-0.2, 0) is 23.4 Å². The van der Waals surface area contributed by atoms with E-state index in [1.165, 1.54) is 6.92 Å². The molecule has 2 N–H and O–H groups in total. The van der Waals surface area contributed by atoms with Gasteiger partial charge in [0.05, 0.1) is 6.16 Å². The fourth-order valence-corrected chi connectivity index (χ4v) is 3.53. The molecule has 1 aliphatic rings. The van der Waals surface area contributed by atoms with Crippen LogP contribution in [0, 0.1) is 0 Å². The predicted molar refractivity (Wildman–Crippen MR) is 81.5 cm³/mol. The summed E-state index contributed by atoms with van der Waals surface area (Å²) in [5.74, 6) is -1.59. The van der Waals surface area contributed by atoms with E-state index in [0.717, 1.165) is 25.7 Å². The number of esters is 2. The van der Waals surface area contributed by atoms with Crippen molar-refractivity contribution in [3.8, 4) is 0 Å². The van der Waals surface area contributed by atoms with E-state index in [1.807, 2.05) is 6.92 Å². The SMILES string of the molecule is CCCCCCP(=O)(O)OC(C)C(=O)OC(=O)[C@@H]1CCCN1. The van der Waals surface area contributed by atoms with Crippen molar-refractivity contribution in [2.24, 2.45) is 0 Å². The molecule has 0 aliphatic carbocycles. The molecule has 0 saturated carbocycles. The summed E-state index contributed by atoms with van der Waals surface area (Å²) in [4.78, 5) is 33.1. The first-order chi connectivity index (χ1) is 10.4. The van der Waals surface area contributed by atoms with E-state index >= 15 is 0 Å². The van der Waals surface area contributed by atoms with Crippen molar-refractivity contribution in [2.75, 3.05) is 12.7 Å². The zero-order chi connectivity index (χ0) is 16.6. The molecular weight excluding hydrogens is 309 g/mol. The number of unbranched alkanes of at least 4 members (excludes halogenated alkanes) is 3. The molecule has 0 aromatic carbocycles. The van der Waals surface area contributed by atoms with Crippen molar-refractivity contribution in [1.29, 1.82) is 0 Å². The molecule has 7 nitrogen and oxygen atoms in total. The van der Waals surface area contributed by atoms with Gasteiger partial charge >= 0.3 is 19.5 Å². The molecule has 0 amide bonds. The summed E-state index contributed by atoms with van der Waals surface area (Å²) in [7, 11) is -3.84. The van der Waals surface area contributed by atoms with Gasteiger partial charge in [-0.2, -0.15) is 0 Å². The first kappa shape index (κ1) is 19.3. The first-order valence-corrected chi connectivity index (χ1v) is 9.61. The maximum absolute atomic E-state index is 11.9. The van der Waals surface area contributed by atoms with Crippen molar-refractivity contribution >= 4 is 19.5 Å². The molecule has 0 bridgehead atoms. The van der Waals surface area contributed by atoms with E-state index in [4.69, 9.17) is 4.52 Å². The number of carbonyl (C=O) groups is 2. The van der Waals surface area contributed by atoms with Gasteiger partial charge in [0.15, 0.2) is 6.10 Å². The minimum Gasteiger partial charge on any atom is -0.390 e. The van der Waals surface area contributed by atoms with Gasteiger partial charge in [0.2, 0.25) is 0 Å². The third-order valence-corrected chi connectivity index (χ3v) is 5.02. The Balaban J connectivity index is 2.35. The number of carbonyl (C=O) groups excluding carboxylic acids is 2. The van der Waals surface area contributed by atoms with Gasteiger partial charge < -0.3 is 14.9 Å². The van der Waals surface area contributed by atoms with Crippen LogP contribution in [0.25, 0.3) is 0 Å². The van der Waals surface area contributed by atoms with Crippen LogP contribution in [0.15, 0.2) is 0 Å². The highest BCUT2D eigenvalue weighted by atomic mass is 31.2. The van der Waals surface area contributed by atoms with Crippen LogP contribution in [0.1, 0.15) is 52.4 Å². The topological polar surface area (TPSA) is 102 Å². The van der Waals surface area contributed by atoms with Gasteiger partial charge in [-0.1, -0.05) is 26.2 Å². The number of hydrogen-bond donors (Lipinski definition) is 2. The molecule has 1 heterocycles. The van der Waals surface area contributed by atoms with Crippen molar-refractivity contribution < 1.29 is 28.3 Å². The van der Waals surface area contributed by atoms with Gasteiger partial charge in [-0.3, -0.25) is 9.09 Å². The second-order valence-corrected chi connectivity index (χ2v) is 7.49. The first-order valence-electron chi connectivity index (χ1n) is 7.85. The molecule has 0 spiro atoms. The van der Waals surface area contributed by atoms with Crippen LogP contribution in [0.3, 0.4) is 0 Å². The summed E-state index contributed by atoms with van der Waals surface area (Å²) in [6.45, 7) is 4.07. The van der Waals surface area contributed by atoms with Crippen LogP contribution in [0.2, 0.25) is 0 Å². The minimum absolute atomic E-state index is 0.00273. The number of hydrogen-bond acceptors (Lipinski definition) is 6. The molecule has 22 heavy (non-hydrogen) atoms. The second kappa shape index (κ2) is 9.40. The summed E-state index contributed by atoms with van der Waals surface area (Å²) >= 11 is 0.